The van der Waals surface area contributed by atoms with Crippen LogP contribution in [-0.2, 0) is 0 Å². The van der Waals surface area contributed by atoms with Crippen LogP contribution in [0, 0.1) is 9.39 Å². The van der Waals surface area contributed by atoms with E-state index >= 15 is 0 Å². The standard InChI is InChI=1S/C14H10FIO2/c1-18-13-7-4-10(8-12(13)15)14(17)9-2-5-11(16)6-3-9/h2-8H,1H3. The molecule has 18 heavy (non-hydrogen) atoms. The van der Waals surface area contributed by atoms with Crippen LogP contribution in [0.5, 0.6) is 5.75 Å². The molecule has 0 saturated heterocycles. The zero-order valence-electron chi connectivity index (χ0n) is 9.61. The van der Waals surface area contributed by atoms with Gasteiger partial charge in [-0.3, -0.25) is 4.79 Å². The average Bonchev–Trinajstić information content (AvgIpc) is 2.38. The molecule has 0 unspecified atom stereocenters. The largest absolute Gasteiger partial charge is 0.494 e. The minimum Gasteiger partial charge on any atom is -0.494 e. The number of hydrogen-bond donors (Lipinski definition) is 0. The van der Waals surface area contributed by atoms with Gasteiger partial charge in [-0.2, -0.15) is 0 Å². The lowest BCUT2D eigenvalue weighted by Crippen LogP contribution is -2.02. The lowest BCUT2D eigenvalue weighted by molar-refractivity contribution is 0.103. The third-order valence-electron chi connectivity index (χ3n) is 2.52. The minimum atomic E-state index is -0.533. The normalized spacial score (nSPS) is 10.2. The van der Waals surface area contributed by atoms with Crippen LogP contribution < -0.4 is 4.74 Å². The van der Waals surface area contributed by atoms with Crippen LogP contribution in [0.4, 0.5) is 4.39 Å². The summed E-state index contributed by atoms with van der Waals surface area (Å²) < 4.78 is 19.4. The second-order valence-electron chi connectivity index (χ2n) is 3.69. The van der Waals surface area contributed by atoms with Gasteiger partial charge < -0.3 is 4.74 Å². The second-order valence-corrected chi connectivity index (χ2v) is 4.93. The van der Waals surface area contributed by atoms with E-state index in [-0.39, 0.29) is 11.5 Å². The highest BCUT2D eigenvalue weighted by atomic mass is 127. The first-order valence-corrected chi connectivity index (χ1v) is 6.33. The van der Waals surface area contributed by atoms with Crippen molar-refractivity contribution >= 4 is 28.4 Å². The molecule has 0 fully saturated rings. The number of halogens is 2. The Bertz CT molecular complexity index is 579. The molecule has 0 aliphatic rings. The van der Waals surface area contributed by atoms with Gasteiger partial charge in [-0.15, -0.1) is 0 Å². The second kappa shape index (κ2) is 5.48. The predicted octanol–water partition coefficient (Wildman–Crippen LogP) is 3.67. The molecule has 2 aromatic carbocycles. The Kier molecular flexibility index (Phi) is 3.96. The van der Waals surface area contributed by atoms with E-state index in [1.54, 1.807) is 18.2 Å². The van der Waals surface area contributed by atoms with Crippen molar-refractivity contribution in [1.29, 1.82) is 0 Å². The van der Waals surface area contributed by atoms with Crippen molar-refractivity contribution in [2.75, 3.05) is 7.11 Å². The highest BCUT2D eigenvalue weighted by Gasteiger charge is 2.12. The molecule has 0 amide bonds. The van der Waals surface area contributed by atoms with E-state index in [1.165, 1.54) is 19.2 Å². The average molecular weight is 356 g/mol. The van der Waals surface area contributed by atoms with Crippen molar-refractivity contribution in [3.63, 3.8) is 0 Å². The third kappa shape index (κ3) is 2.69. The Hall–Kier alpha value is -1.43. The maximum atomic E-state index is 13.5. The smallest absolute Gasteiger partial charge is 0.193 e. The first-order valence-electron chi connectivity index (χ1n) is 5.25. The van der Waals surface area contributed by atoms with E-state index < -0.39 is 5.82 Å². The van der Waals surface area contributed by atoms with Crippen LogP contribution in [0.15, 0.2) is 42.5 Å². The highest BCUT2D eigenvalue weighted by molar-refractivity contribution is 14.1. The van der Waals surface area contributed by atoms with Gasteiger partial charge in [0.05, 0.1) is 7.11 Å². The Labute approximate surface area is 118 Å². The van der Waals surface area contributed by atoms with Crippen LogP contribution in [-0.4, -0.2) is 12.9 Å². The summed E-state index contributed by atoms with van der Waals surface area (Å²) in [6, 6.07) is 11.3. The fourth-order valence-corrected chi connectivity index (χ4v) is 1.94. The number of ether oxygens (including phenoxy) is 1. The molecule has 0 N–H and O–H groups in total. The number of carbonyl (C=O) groups is 1. The molecule has 0 heterocycles. The molecule has 0 aliphatic heterocycles. The number of hydrogen-bond acceptors (Lipinski definition) is 2. The summed E-state index contributed by atoms with van der Waals surface area (Å²) in [4.78, 5) is 12.1. The summed E-state index contributed by atoms with van der Waals surface area (Å²) in [6.07, 6.45) is 0. The van der Waals surface area contributed by atoms with Crippen molar-refractivity contribution in [2.45, 2.75) is 0 Å². The van der Waals surface area contributed by atoms with Gasteiger partial charge in [0.1, 0.15) is 0 Å². The molecule has 92 valence electrons. The molecule has 2 rings (SSSR count). The van der Waals surface area contributed by atoms with Crippen molar-refractivity contribution in [2.24, 2.45) is 0 Å². The number of methoxy groups -OCH3 is 1. The summed E-state index contributed by atoms with van der Waals surface area (Å²) in [6.45, 7) is 0. The molecule has 0 saturated carbocycles. The summed E-state index contributed by atoms with van der Waals surface area (Å²) in [5.74, 6) is -0.601. The van der Waals surface area contributed by atoms with Crippen LogP contribution in [0.1, 0.15) is 15.9 Å². The lowest BCUT2D eigenvalue weighted by atomic mass is 10.0. The van der Waals surface area contributed by atoms with Crippen LogP contribution in [0.2, 0.25) is 0 Å². The summed E-state index contributed by atoms with van der Waals surface area (Å²) in [5, 5.41) is 0. The SMILES string of the molecule is COc1ccc(C(=O)c2ccc(I)cc2)cc1F. The topological polar surface area (TPSA) is 26.3 Å². The Morgan fingerprint density at radius 3 is 2.28 bits per heavy atom. The Morgan fingerprint density at radius 2 is 1.72 bits per heavy atom. The molecule has 0 aliphatic carbocycles. The van der Waals surface area contributed by atoms with Crippen molar-refractivity contribution in [3.05, 3.63) is 63.0 Å². The molecule has 0 spiro atoms. The summed E-state index contributed by atoms with van der Waals surface area (Å²) in [7, 11) is 1.39. The van der Waals surface area contributed by atoms with E-state index in [9.17, 15) is 9.18 Å². The molecule has 4 heteroatoms. The molecule has 0 radical (unpaired) electrons. The summed E-state index contributed by atoms with van der Waals surface area (Å²) >= 11 is 2.16. The zero-order chi connectivity index (χ0) is 13.1. The molecule has 0 aromatic heterocycles. The third-order valence-corrected chi connectivity index (χ3v) is 3.24. The number of benzene rings is 2. The van der Waals surface area contributed by atoms with Crippen molar-refractivity contribution in [1.82, 2.24) is 0 Å². The van der Waals surface area contributed by atoms with Gasteiger partial charge in [0.25, 0.3) is 0 Å². The van der Waals surface area contributed by atoms with E-state index in [1.807, 2.05) is 12.1 Å². The first-order chi connectivity index (χ1) is 8.61. The van der Waals surface area contributed by atoms with E-state index in [4.69, 9.17) is 4.74 Å². The van der Waals surface area contributed by atoms with E-state index in [0.29, 0.717) is 11.1 Å². The van der Waals surface area contributed by atoms with Gasteiger partial charge >= 0.3 is 0 Å². The monoisotopic (exact) mass is 356 g/mol. The fraction of sp³-hybridized carbons (Fsp3) is 0.0714. The van der Waals surface area contributed by atoms with E-state index in [0.717, 1.165) is 3.57 Å². The molecule has 2 aromatic rings. The Morgan fingerprint density at radius 1 is 1.11 bits per heavy atom. The summed E-state index contributed by atoms with van der Waals surface area (Å²) in [5.41, 5.74) is 0.856. The number of rotatable bonds is 3. The first kappa shape index (κ1) is 13.0. The van der Waals surface area contributed by atoms with Crippen molar-refractivity contribution in [3.8, 4) is 5.75 Å². The molecule has 0 bridgehead atoms. The van der Waals surface area contributed by atoms with Gasteiger partial charge in [-0.05, 0) is 65.1 Å². The quantitative estimate of drug-likeness (QED) is 0.620. The molecule has 0 atom stereocenters. The zero-order valence-corrected chi connectivity index (χ0v) is 11.8. The predicted molar refractivity (Wildman–Crippen MR) is 75.5 cm³/mol. The maximum Gasteiger partial charge on any atom is 0.193 e. The molecule has 2 nitrogen and oxygen atoms in total. The van der Waals surface area contributed by atoms with E-state index in [2.05, 4.69) is 22.6 Å². The van der Waals surface area contributed by atoms with Gasteiger partial charge in [-0.1, -0.05) is 0 Å². The minimum absolute atomic E-state index is 0.133. The van der Waals surface area contributed by atoms with Crippen LogP contribution in [0.25, 0.3) is 0 Å². The van der Waals surface area contributed by atoms with Gasteiger partial charge in [0, 0.05) is 14.7 Å². The van der Waals surface area contributed by atoms with Crippen molar-refractivity contribution < 1.29 is 13.9 Å². The number of carbonyl (C=O) groups excluding carboxylic acids is 1. The Balaban J connectivity index is 2.34. The maximum absolute atomic E-state index is 13.5. The number of ketones is 1. The lowest BCUT2D eigenvalue weighted by Gasteiger charge is -2.05. The van der Waals surface area contributed by atoms with Gasteiger partial charge in [0.15, 0.2) is 17.3 Å². The van der Waals surface area contributed by atoms with Gasteiger partial charge in [0.2, 0.25) is 0 Å². The highest BCUT2D eigenvalue weighted by Crippen LogP contribution is 2.20. The van der Waals surface area contributed by atoms with Crippen LogP contribution >= 0.6 is 22.6 Å². The molecular weight excluding hydrogens is 346 g/mol. The van der Waals surface area contributed by atoms with Gasteiger partial charge in [-0.25, -0.2) is 4.39 Å². The van der Waals surface area contributed by atoms with Crippen LogP contribution in [0.3, 0.4) is 0 Å². The molecular formula is C14H10FIO2. The fourth-order valence-electron chi connectivity index (χ4n) is 1.58.